The number of Topliss-reactive ketones (excluding diaryl/α,β-unsaturated/α-hetero) is 2. The van der Waals surface area contributed by atoms with Crippen LogP contribution < -0.4 is 0 Å². The predicted octanol–water partition coefficient (Wildman–Crippen LogP) is 5.37. The fourth-order valence-corrected chi connectivity index (χ4v) is 4.40. The van der Waals surface area contributed by atoms with E-state index in [1.165, 1.54) is 12.1 Å². The average molecular weight is 520 g/mol. The number of ketones is 2. The van der Waals surface area contributed by atoms with E-state index in [4.69, 9.17) is 0 Å². The van der Waals surface area contributed by atoms with Crippen molar-refractivity contribution in [3.05, 3.63) is 32.2 Å². The first-order chi connectivity index (χ1) is 12.6. The highest BCUT2D eigenvalue weighted by Crippen LogP contribution is 2.50. The Kier molecular flexibility index (Phi) is 6.82. The van der Waals surface area contributed by atoms with Crippen molar-refractivity contribution in [1.29, 1.82) is 0 Å². The molecule has 2 aromatic carbocycles. The Labute approximate surface area is 176 Å². The molecule has 0 saturated heterocycles. The molecule has 6 nitrogen and oxygen atoms in total. The van der Waals surface area contributed by atoms with Gasteiger partial charge in [0.1, 0.15) is 31.9 Å². The monoisotopic (exact) mass is 518 g/mol. The SMILES string of the molecule is CCC(=O)c1cc(Sc2cc(C(=O)CC)c(O)c(Br)c2O)c(O)c(Br)c1O. The van der Waals surface area contributed by atoms with E-state index in [0.717, 1.165) is 11.8 Å². The Bertz CT molecular complexity index is 867. The summed E-state index contributed by atoms with van der Waals surface area (Å²) >= 11 is 6.99. The minimum atomic E-state index is -0.373. The van der Waals surface area contributed by atoms with Crippen molar-refractivity contribution in [3.8, 4) is 23.0 Å². The molecule has 0 atom stereocenters. The smallest absolute Gasteiger partial charge is 0.166 e. The molecule has 9 heteroatoms. The van der Waals surface area contributed by atoms with Gasteiger partial charge in [-0.1, -0.05) is 25.6 Å². The Morgan fingerprint density at radius 2 is 1.11 bits per heavy atom. The second kappa shape index (κ2) is 8.53. The van der Waals surface area contributed by atoms with Crippen LogP contribution in [0.4, 0.5) is 0 Å². The molecule has 0 aliphatic heterocycles. The van der Waals surface area contributed by atoms with Crippen LogP contribution in [-0.2, 0) is 0 Å². The Morgan fingerprint density at radius 1 is 0.778 bits per heavy atom. The van der Waals surface area contributed by atoms with Gasteiger partial charge in [0.25, 0.3) is 0 Å². The molecular weight excluding hydrogens is 504 g/mol. The molecule has 4 N–H and O–H groups in total. The van der Waals surface area contributed by atoms with E-state index >= 15 is 0 Å². The van der Waals surface area contributed by atoms with Gasteiger partial charge in [0.05, 0.1) is 20.9 Å². The van der Waals surface area contributed by atoms with Gasteiger partial charge in [-0.3, -0.25) is 9.59 Å². The van der Waals surface area contributed by atoms with Gasteiger partial charge in [0.2, 0.25) is 0 Å². The van der Waals surface area contributed by atoms with Crippen molar-refractivity contribution in [2.75, 3.05) is 0 Å². The van der Waals surface area contributed by atoms with E-state index in [1.807, 2.05) is 0 Å². The topological polar surface area (TPSA) is 115 Å². The lowest BCUT2D eigenvalue weighted by molar-refractivity contribution is 0.0976. The zero-order valence-electron chi connectivity index (χ0n) is 14.3. The van der Waals surface area contributed by atoms with Crippen molar-refractivity contribution in [2.24, 2.45) is 0 Å². The standard InChI is InChI=1S/C18H16Br2O6S/c1-3-9(21)7-5-11(17(25)13(19)15(7)23)27-12-6-8(10(22)4-2)16(24)14(20)18(12)26/h5-6,23-26H,3-4H2,1-2H3. The number of hydrogen-bond donors (Lipinski definition) is 4. The van der Waals surface area contributed by atoms with Crippen LogP contribution in [0.1, 0.15) is 47.4 Å². The van der Waals surface area contributed by atoms with E-state index in [1.54, 1.807) is 13.8 Å². The van der Waals surface area contributed by atoms with Crippen LogP contribution in [0.25, 0.3) is 0 Å². The predicted molar refractivity (Wildman–Crippen MR) is 108 cm³/mol. The van der Waals surface area contributed by atoms with Gasteiger partial charge in [0, 0.05) is 12.8 Å². The minimum Gasteiger partial charge on any atom is -0.506 e. The molecule has 0 radical (unpaired) electrons. The molecule has 0 saturated carbocycles. The minimum absolute atomic E-state index is 0.0202. The van der Waals surface area contributed by atoms with E-state index in [2.05, 4.69) is 31.9 Å². The second-order valence-corrected chi connectivity index (χ2v) is 8.19. The summed E-state index contributed by atoms with van der Waals surface area (Å²) in [5.74, 6) is -2.04. The summed E-state index contributed by atoms with van der Waals surface area (Å²) in [7, 11) is 0. The number of carbonyl (C=O) groups excluding carboxylic acids is 2. The van der Waals surface area contributed by atoms with E-state index < -0.39 is 0 Å². The van der Waals surface area contributed by atoms with Crippen molar-refractivity contribution in [3.63, 3.8) is 0 Å². The molecule has 2 aromatic rings. The summed E-state index contributed by atoms with van der Waals surface area (Å²) in [6, 6.07) is 2.63. The van der Waals surface area contributed by atoms with Crippen LogP contribution in [-0.4, -0.2) is 32.0 Å². The third-order valence-corrected chi connectivity index (χ3v) is 6.39. The van der Waals surface area contributed by atoms with Gasteiger partial charge < -0.3 is 20.4 Å². The maximum Gasteiger partial charge on any atom is 0.166 e. The average Bonchev–Trinajstić information content (AvgIpc) is 2.67. The van der Waals surface area contributed by atoms with E-state index in [9.17, 15) is 30.0 Å². The summed E-state index contributed by atoms with van der Waals surface area (Å²) in [4.78, 5) is 24.4. The fraction of sp³-hybridized carbons (Fsp3) is 0.222. The fourth-order valence-electron chi connectivity index (χ4n) is 2.29. The largest absolute Gasteiger partial charge is 0.506 e. The number of phenols is 4. The molecule has 0 aliphatic carbocycles. The van der Waals surface area contributed by atoms with E-state index in [0.29, 0.717) is 0 Å². The number of carbonyl (C=O) groups is 2. The van der Waals surface area contributed by atoms with Crippen molar-refractivity contribution < 1.29 is 30.0 Å². The summed E-state index contributed by atoms with van der Waals surface area (Å²) in [6.45, 7) is 3.28. The number of rotatable bonds is 6. The van der Waals surface area contributed by atoms with Gasteiger partial charge in [-0.25, -0.2) is 0 Å². The van der Waals surface area contributed by atoms with Crippen molar-refractivity contribution in [2.45, 2.75) is 36.5 Å². The maximum absolute atomic E-state index is 12.0. The molecule has 0 spiro atoms. The highest BCUT2D eigenvalue weighted by Gasteiger charge is 2.23. The third kappa shape index (κ3) is 4.09. The highest BCUT2D eigenvalue weighted by molar-refractivity contribution is 9.11. The van der Waals surface area contributed by atoms with Crippen LogP contribution in [0.2, 0.25) is 0 Å². The lowest BCUT2D eigenvalue weighted by atomic mass is 10.1. The molecule has 0 aliphatic rings. The van der Waals surface area contributed by atoms with Crippen LogP contribution in [0.3, 0.4) is 0 Å². The molecule has 0 bridgehead atoms. The molecule has 0 unspecified atom stereocenters. The first-order valence-corrected chi connectivity index (χ1v) is 10.3. The normalized spacial score (nSPS) is 10.8. The van der Waals surface area contributed by atoms with Gasteiger partial charge in [-0.05, 0) is 44.0 Å². The summed E-state index contributed by atoms with van der Waals surface area (Å²) in [5, 5.41) is 40.8. The molecule has 0 fully saturated rings. The Morgan fingerprint density at radius 3 is 1.41 bits per heavy atom. The van der Waals surface area contributed by atoms with Gasteiger partial charge in [-0.15, -0.1) is 0 Å². The zero-order chi connectivity index (χ0) is 20.5. The molecular formula is C18H16Br2O6S. The summed E-state index contributed by atoms with van der Waals surface area (Å²) < 4.78 is -0.0991. The Balaban J connectivity index is 2.64. The van der Waals surface area contributed by atoms with Crippen LogP contribution in [0.5, 0.6) is 23.0 Å². The van der Waals surface area contributed by atoms with Crippen LogP contribution >= 0.6 is 43.6 Å². The zero-order valence-corrected chi connectivity index (χ0v) is 18.3. The van der Waals surface area contributed by atoms with Gasteiger partial charge in [0.15, 0.2) is 11.6 Å². The summed E-state index contributed by atoms with van der Waals surface area (Å²) in [5.41, 5.74) is 0.0405. The molecule has 27 heavy (non-hydrogen) atoms. The molecule has 0 heterocycles. The molecule has 0 aromatic heterocycles. The van der Waals surface area contributed by atoms with Gasteiger partial charge >= 0.3 is 0 Å². The lowest BCUT2D eigenvalue weighted by Gasteiger charge is -2.14. The van der Waals surface area contributed by atoms with Crippen molar-refractivity contribution in [1.82, 2.24) is 0 Å². The number of benzene rings is 2. The quantitative estimate of drug-likeness (QED) is 0.379. The first kappa shape index (κ1) is 21.6. The van der Waals surface area contributed by atoms with Crippen molar-refractivity contribution >= 4 is 55.2 Å². The maximum atomic E-state index is 12.0. The Hall–Kier alpha value is -1.71. The number of hydrogen-bond acceptors (Lipinski definition) is 7. The third-order valence-electron chi connectivity index (χ3n) is 3.82. The number of aromatic hydroxyl groups is 4. The highest BCUT2D eigenvalue weighted by atomic mass is 79.9. The first-order valence-electron chi connectivity index (χ1n) is 7.86. The second-order valence-electron chi connectivity index (χ2n) is 5.52. The lowest BCUT2D eigenvalue weighted by Crippen LogP contribution is -1.99. The molecule has 144 valence electrons. The van der Waals surface area contributed by atoms with Crippen LogP contribution in [0, 0.1) is 0 Å². The number of phenolic OH excluding ortho intramolecular Hbond substituents is 4. The summed E-state index contributed by atoms with van der Waals surface area (Å²) in [6.07, 6.45) is 0.306. The van der Waals surface area contributed by atoms with Crippen LogP contribution in [0.15, 0.2) is 30.9 Å². The number of halogens is 2. The van der Waals surface area contributed by atoms with E-state index in [-0.39, 0.29) is 77.3 Å². The van der Waals surface area contributed by atoms with Gasteiger partial charge in [-0.2, -0.15) is 0 Å². The molecule has 0 amide bonds. The molecule has 2 rings (SSSR count).